The first-order valence-electron chi connectivity index (χ1n) is 6.40. The van der Waals surface area contributed by atoms with E-state index in [1.165, 1.54) is 6.07 Å². The van der Waals surface area contributed by atoms with Crippen molar-refractivity contribution in [1.29, 1.82) is 0 Å². The maximum absolute atomic E-state index is 11.2. The van der Waals surface area contributed by atoms with E-state index in [4.69, 9.17) is 15.4 Å². The van der Waals surface area contributed by atoms with Crippen molar-refractivity contribution in [3.8, 4) is 5.75 Å². The van der Waals surface area contributed by atoms with Gasteiger partial charge in [0.05, 0.1) is 17.3 Å². The average molecular weight is 336 g/mol. The van der Waals surface area contributed by atoms with Crippen LogP contribution in [-0.4, -0.2) is 25.7 Å². The third-order valence-electron chi connectivity index (χ3n) is 3.12. The summed E-state index contributed by atoms with van der Waals surface area (Å²) < 4.78 is 27.9. The van der Waals surface area contributed by atoms with Crippen LogP contribution in [0.4, 0.5) is 5.69 Å². The average Bonchev–Trinajstić information content (AvgIpc) is 2.32. The molecule has 0 aliphatic heterocycles. The molecule has 0 fully saturated rings. The number of nitro groups is 1. The molecule has 1 unspecified atom stereocenters. The molecule has 1 aromatic carbocycles. The van der Waals surface area contributed by atoms with E-state index >= 15 is 0 Å². The molecule has 1 aromatic rings. The number of ether oxygens (including phenoxy) is 1. The van der Waals surface area contributed by atoms with Crippen LogP contribution in [0.15, 0.2) is 18.2 Å². The zero-order valence-corrected chi connectivity index (χ0v) is 13.6. The predicted octanol–water partition coefficient (Wildman–Crippen LogP) is 3.12. The molecule has 0 aromatic heterocycles. The van der Waals surface area contributed by atoms with Gasteiger partial charge in [-0.3, -0.25) is 10.1 Å². The van der Waals surface area contributed by atoms with E-state index in [0.717, 1.165) is 5.56 Å². The molecular formula is C13H18ClNO5S. The van der Waals surface area contributed by atoms with E-state index in [2.05, 4.69) is 0 Å². The molecule has 0 bridgehead atoms. The van der Waals surface area contributed by atoms with Crippen LogP contribution in [0, 0.1) is 28.9 Å². The van der Waals surface area contributed by atoms with Gasteiger partial charge >= 0.3 is 5.69 Å². The van der Waals surface area contributed by atoms with Crippen LogP contribution in [0.25, 0.3) is 0 Å². The fourth-order valence-corrected chi connectivity index (χ4v) is 3.25. The Morgan fingerprint density at radius 2 is 2.00 bits per heavy atom. The lowest BCUT2D eigenvalue weighted by Gasteiger charge is -2.19. The van der Waals surface area contributed by atoms with Gasteiger partial charge in [0.25, 0.3) is 0 Å². The van der Waals surface area contributed by atoms with Gasteiger partial charge in [0.2, 0.25) is 9.05 Å². The van der Waals surface area contributed by atoms with Crippen LogP contribution in [0.3, 0.4) is 0 Å². The number of nitrogens with zero attached hydrogens (tertiary/aromatic N) is 1. The minimum absolute atomic E-state index is 0.0161. The molecule has 0 heterocycles. The van der Waals surface area contributed by atoms with Gasteiger partial charge in [0.1, 0.15) is 0 Å². The number of hydrogen-bond acceptors (Lipinski definition) is 5. The first kappa shape index (κ1) is 17.7. The van der Waals surface area contributed by atoms with Crippen LogP contribution < -0.4 is 4.74 Å². The highest BCUT2D eigenvalue weighted by atomic mass is 35.7. The second-order valence-corrected chi connectivity index (χ2v) is 8.07. The Bertz CT molecular complexity index is 615. The van der Waals surface area contributed by atoms with Gasteiger partial charge in [-0.25, -0.2) is 8.42 Å². The Hall–Kier alpha value is -1.34. The first-order valence-corrected chi connectivity index (χ1v) is 8.88. The highest BCUT2D eigenvalue weighted by molar-refractivity contribution is 8.13. The molecule has 0 amide bonds. The van der Waals surface area contributed by atoms with Crippen LogP contribution in [0.1, 0.15) is 19.4 Å². The fourth-order valence-electron chi connectivity index (χ4n) is 1.77. The quantitative estimate of drug-likeness (QED) is 0.434. The van der Waals surface area contributed by atoms with Gasteiger partial charge in [-0.2, -0.15) is 0 Å². The second-order valence-electron chi connectivity index (χ2n) is 5.25. The van der Waals surface area contributed by atoms with E-state index < -0.39 is 14.0 Å². The Morgan fingerprint density at radius 1 is 1.38 bits per heavy atom. The summed E-state index contributed by atoms with van der Waals surface area (Å²) in [6.45, 7) is 5.54. The van der Waals surface area contributed by atoms with Crippen molar-refractivity contribution in [3.63, 3.8) is 0 Å². The van der Waals surface area contributed by atoms with E-state index in [1.54, 1.807) is 19.1 Å². The summed E-state index contributed by atoms with van der Waals surface area (Å²) >= 11 is 0. The number of nitro benzene ring substituents is 1. The number of rotatable bonds is 7. The molecule has 0 spiro atoms. The summed E-state index contributed by atoms with van der Waals surface area (Å²) in [5, 5.41) is 10.9. The van der Waals surface area contributed by atoms with Crippen molar-refractivity contribution in [2.24, 2.45) is 11.8 Å². The van der Waals surface area contributed by atoms with Gasteiger partial charge in [-0.15, -0.1) is 0 Å². The van der Waals surface area contributed by atoms with Gasteiger partial charge < -0.3 is 4.74 Å². The lowest BCUT2D eigenvalue weighted by Crippen LogP contribution is -2.24. The summed E-state index contributed by atoms with van der Waals surface area (Å²) in [6.07, 6.45) is 0. The van der Waals surface area contributed by atoms with Crippen LogP contribution >= 0.6 is 10.7 Å². The number of halogens is 1. The van der Waals surface area contributed by atoms with Gasteiger partial charge in [0, 0.05) is 22.7 Å². The number of aryl methyl sites for hydroxylation is 1. The SMILES string of the molecule is Cc1ccc([N+](=O)[O-])c(OCC(CS(=O)(=O)Cl)C(C)C)c1. The number of benzene rings is 1. The van der Waals surface area contributed by atoms with Crippen molar-refractivity contribution < 1.29 is 18.1 Å². The molecule has 0 aliphatic rings. The Labute approximate surface area is 128 Å². The maximum Gasteiger partial charge on any atom is 0.310 e. The smallest absolute Gasteiger partial charge is 0.310 e. The molecule has 118 valence electrons. The molecule has 0 saturated carbocycles. The minimum Gasteiger partial charge on any atom is -0.486 e. The molecule has 0 aliphatic carbocycles. The Morgan fingerprint density at radius 3 is 2.48 bits per heavy atom. The van der Waals surface area contributed by atoms with Crippen molar-refractivity contribution in [2.75, 3.05) is 12.4 Å². The molecule has 1 rings (SSSR count). The van der Waals surface area contributed by atoms with Crippen molar-refractivity contribution in [3.05, 3.63) is 33.9 Å². The monoisotopic (exact) mass is 335 g/mol. The summed E-state index contributed by atoms with van der Waals surface area (Å²) in [7, 11) is 1.62. The normalized spacial score (nSPS) is 13.2. The summed E-state index contributed by atoms with van der Waals surface area (Å²) in [5.74, 6) is -0.418. The van der Waals surface area contributed by atoms with E-state index in [-0.39, 0.29) is 35.6 Å². The predicted molar refractivity (Wildman–Crippen MR) is 81.3 cm³/mol. The highest BCUT2D eigenvalue weighted by Gasteiger charge is 2.23. The summed E-state index contributed by atoms with van der Waals surface area (Å²) in [4.78, 5) is 10.4. The minimum atomic E-state index is -3.65. The topological polar surface area (TPSA) is 86.5 Å². The van der Waals surface area contributed by atoms with E-state index in [1.807, 2.05) is 13.8 Å². The van der Waals surface area contributed by atoms with Crippen LogP contribution in [-0.2, 0) is 9.05 Å². The standard InChI is InChI=1S/C13H18ClNO5S/c1-9(2)11(8-21(14,18)19)7-20-13-6-10(3)4-5-12(13)15(16)17/h4-6,9,11H,7-8H2,1-3H3. The number of hydrogen-bond donors (Lipinski definition) is 0. The van der Waals surface area contributed by atoms with Gasteiger partial charge in [-0.1, -0.05) is 19.9 Å². The largest absolute Gasteiger partial charge is 0.486 e. The van der Waals surface area contributed by atoms with Crippen LogP contribution in [0.2, 0.25) is 0 Å². The van der Waals surface area contributed by atoms with Gasteiger partial charge in [-0.05, 0) is 24.5 Å². The fraction of sp³-hybridized carbons (Fsp3) is 0.538. The van der Waals surface area contributed by atoms with Crippen LogP contribution in [0.5, 0.6) is 5.75 Å². The van der Waals surface area contributed by atoms with Gasteiger partial charge in [0.15, 0.2) is 5.75 Å². The Kier molecular flexibility index (Phi) is 5.98. The molecule has 8 heteroatoms. The van der Waals surface area contributed by atoms with Crippen molar-refractivity contribution in [1.82, 2.24) is 0 Å². The molecule has 0 N–H and O–H groups in total. The van der Waals surface area contributed by atoms with E-state index in [9.17, 15) is 18.5 Å². The molecule has 21 heavy (non-hydrogen) atoms. The summed E-state index contributed by atoms with van der Waals surface area (Å²) in [5.41, 5.74) is 0.679. The van der Waals surface area contributed by atoms with E-state index in [0.29, 0.717) is 0 Å². The zero-order chi connectivity index (χ0) is 16.2. The molecular weight excluding hydrogens is 318 g/mol. The zero-order valence-electron chi connectivity index (χ0n) is 12.1. The molecule has 6 nitrogen and oxygen atoms in total. The van der Waals surface area contributed by atoms with Crippen molar-refractivity contribution >= 4 is 25.4 Å². The maximum atomic E-state index is 11.2. The third kappa shape index (κ3) is 5.89. The first-order chi connectivity index (χ1) is 9.60. The molecule has 0 radical (unpaired) electrons. The molecule has 0 saturated heterocycles. The lowest BCUT2D eigenvalue weighted by molar-refractivity contribution is -0.385. The molecule has 1 atom stereocenters. The summed E-state index contributed by atoms with van der Waals surface area (Å²) in [6, 6.07) is 4.55. The lowest BCUT2D eigenvalue weighted by atomic mass is 9.99. The third-order valence-corrected chi connectivity index (χ3v) is 4.33. The highest BCUT2D eigenvalue weighted by Crippen LogP contribution is 2.29. The van der Waals surface area contributed by atoms with Crippen molar-refractivity contribution in [2.45, 2.75) is 20.8 Å². The second kappa shape index (κ2) is 7.09. The Balaban J connectivity index is 2.90.